The van der Waals surface area contributed by atoms with Crippen molar-refractivity contribution in [2.75, 3.05) is 0 Å². The second-order valence-corrected chi connectivity index (χ2v) is 11.6. The molecular formula is C26H25I. The van der Waals surface area contributed by atoms with Crippen LogP contribution >= 0.6 is 22.6 Å². The summed E-state index contributed by atoms with van der Waals surface area (Å²) >= 11 is 2.66. The zero-order valence-electron chi connectivity index (χ0n) is 16.2. The Morgan fingerprint density at radius 3 is 2.52 bits per heavy atom. The van der Waals surface area contributed by atoms with E-state index in [0.717, 1.165) is 0 Å². The van der Waals surface area contributed by atoms with Gasteiger partial charge in [-0.3, -0.25) is 0 Å². The van der Waals surface area contributed by atoms with E-state index in [9.17, 15) is 0 Å². The van der Waals surface area contributed by atoms with Crippen LogP contribution in [0.15, 0.2) is 66.7 Å². The second-order valence-electron chi connectivity index (χ2n) is 9.04. The molecular weight excluding hydrogens is 439 g/mol. The molecule has 0 spiro atoms. The quantitative estimate of drug-likeness (QED) is 0.255. The molecule has 1 heteroatoms. The summed E-state index contributed by atoms with van der Waals surface area (Å²) in [5.41, 5.74) is 7.48. The van der Waals surface area contributed by atoms with Crippen molar-refractivity contribution in [1.29, 1.82) is 0 Å². The van der Waals surface area contributed by atoms with Gasteiger partial charge in [-0.15, -0.1) is 0 Å². The van der Waals surface area contributed by atoms with E-state index in [4.69, 9.17) is 0 Å². The van der Waals surface area contributed by atoms with Crippen LogP contribution in [0.2, 0.25) is 0 Å². The van der Waals surface area contributed by atoms with Crippen LogP contribution in [0.5, 0.6) is 0 Å². The molecule has 0 aliphatic heterocycles. The van der Waals surface area contributed by atoms with Gasteiger partial charge in [0.25, 0.3) is 0 Å². The Hall–Kier alpha value is -1.61. The average molecular weight is 464 g/mol. The standard InChI is InChI=1S/C26H25I/c1-25(2)23-15-18(20-10-6-8-17-7-4-5-9-19(17)20)11-12-21(23)22-13-14-26(3,27)16-24(22)25/h4-13,15,24H,14,16H2,1-3H3/t24?,26-/m0/s1. The normalized spacial score (nSPS) is 25.8. The van der Waals surface area contributed by atoms with Crippen molar-refractivity contribution in [2.45, 2.75) is 42.4 Å². The molecule has 27 heavy (non-hydrogen) atoms. The minimum Gasteiger partial charge on any atom is -0.0791 e. The zero-order valence-corrected chi connectivity index (χ0v) is 18.4. The predicted molar refractivity (Wildman–Crippen MR) is 126 cm³/mol. The molecule has 2 aliphatic rings. The van der Waals surface area contributed by atoms with E-state index in [2.05, 4.69) is 110 Å². The fourth-order valence-corrected chi connectivity index (χ4v) is 5.85. The van der Waals surface area contributed by atoms with E-state index in [1.807, 2.05) is 0 Å². The lowest BCUT2D eigenvalue weighted by atomic mass is 9.70. The van der Waals surface area contributed by atoms with Crippen molar-refractivity contribution in [3.8, 4) is 11.1 Å². The summed E-state index contributed by atoms with van der Waals surface area (Å²) in [6.45, 7) is 7.30. The monoisotopic (exact) mass is 464 g/mol. The Labute approximate surface area is 175 Å². The van der Waals surface area contributed by atoms with Crippen LogP contribution in [0.4, 0.5) is 0 Å². The summed E-state index contributed by atoms with van der Waals surface area (Å²) in [6.07, 6.45) is 4.97. The molecule has 3 aromatic rings. The maximum absolute atomic E-state index is 2.66. The largest absolute Gasteiger partial charge is 0.0791 e. The van der Waals surface area contributed by atoms with Gasteiger partial charge in [0.15, 0.2) is 0 Å². The van der Waals surface area contributed by atoms with Crippen LogP contribution in [0.1, 0.15) is 44.7 Å². The molecule has 0 heterocycles. The molecule has 0 fully saturated rings. The van der Waals surface area contributed by atoms with Crippen molar-refractivity contribution in [1.82, 2.24) is 0 Å². The van der Waals surface area contributed by atoms with Crippen molar-refractivity contribution < 1.29 is 0 Å². The van der Waals surface area contributed by atoms with Gasteiger partial charge in [-0.2, -0.15) is 0 Å². The van der Waals surface area contributed by atoms with E-state index in [-0.39, 0.29) is 5.41 Å². The molecule has 3 aromatic carbocycles. The summed E-state index contributed by atoms with van der Waals surface area (Å²) in [5.74, 6) is 0.630. The fraction of sp³-hybridized carbons (Fsp3) is 0.308. The number of halogens is 1. The highest BCUT2D eigenvalue weighted by Crippen LogP contribution is 2.57. The SMILES string of the molecule is CC1(C)c2cc(-c3cccc4ccccc34)ccc2C2=CC[C@](C)(I)CC21. The molecule has 0 N–H and O–H groups in total. The second kappa shape index (κ2) is 5.94. The van der Waals surface area contributed by atoms with E-state index >= 15 is 0 Å². The molecule has 0 nitrogen and oxygen atoms in total. The van der Waals surface area contributed by atoms with Gasteiger partial charge < -0.3 is 0 Å². The van der Waals surface area contributed by atoms with E-state index < -0.39 is 0 Å². The van der Waals surface area contributed by atoms with Gasteiger partial charge in [0.2, 0.25) is 0 Å². The topological polar surface area (TPSA) is 0 Å². The minimum atomic E-state index is 0.189. The first kappa shape index (κ1) is 17.5. The highest BCUT2D eigenvalue weighted by atomic mass is 127. The van der Waals surface area contributed by atoms with Gasteiger partial charge in [0.05, 0.1) is 0 Å². The Balaban J connectivity index is 1.68. The van der Waals surface area contributed by atoms with Gasteiger partial charge >= 0.3 is 0 Å². The lowest BCUT2D eigenvalue weighted by molar-refractivity contribution is 0.353. The molecule has 0 aromatic heterocycles. The molecule has 1 unspecified atom stereocenters. The van der Waals surface area contributed by atoms with Crippen LogP contribution in [0, 0.1) is 5.92 Å². The smallest absolute Gasteiger partial charge is 0.0235 e. The summed E-state index contributed by atoms with van der Waals surface area (Å²) < 4.78 is 0.379. The number of hydrogen-bond acceptors (Lipinski definition) is 0. The first-order valence-corrected chi connectivity index (χ1v) is 11.0. The minimum absolute atomic E-state index is 0.189. The molecule has 0 amide bonds. The predicted octanol–water partition coefficient (Wildman–Crippen LogP) is 7.79. The molecule has 5 rings (SSSR count). The van der Waals surface area contributed by atoms with Gasteiger partial charge in [-0.25, -0.2) is 0 Å². The average Bonchev–Trinajstić information content (AvgIpc) is 2.87. The van der Waals surface area contributed by atoms with Crippen molar-refractivity contribution in [3.63, 3.8) is 0 Å². The number of hydrogen-bond donors (Lipinski definition) is 0. The number of alkyl halides is 1. The third-order valence-corrected chi connectivity index (χ3v) is 7.63. The molecule has 2 aliphatic carbocycles. The van der Waals surface area contributed by atoms with Gasteiger partial charge in [-0.05, 0) is 68.8 Å². The van der Waals surface area contributed by atoms with E-state index in [0.29, 0.717) is 9.34 Å². The van der Waals surface area contributed by atoms with Crippen LogP contribution in [0.3, 0.4) is 0 Å². The third kappa shape index (κ3) is 2.69. The molecule has 0 saturated heterocycles. The fourth-order valence-electron chi connectivity index (χ4n) is 5.19. The summed E-state index contributed by atoms with van der Waals surface area (Å²) in [4.78, 5) is 0. The zero-order chi connectivity index (χ0) is 18.8. The Morgan fingerprint density at radius 1 is 0.889 bits per heavy atom. The van der Waals surface area contributed by atoms with Crippen molar-refractivity contribution in [2.24, 2.45) is 5.92 Å². The van der Waals surface area contributed by atoms with Crippen LogP contribution < -0.4 is 0 Å². The summed E-state index contributed by atoms with van der Waals surface area (Å²) in [6, 6.07) is 22.6. The van der Waals surface area contributed by atoms with Crippen molar-refractivity contribution in [3.05, 3.63) is 77.9 Å². The number of fused-ring (bicyclic) bond motifs is 4. The Morgan fingerprint density at radius 2 is 1.67 bits per heavy atom. The van der Waals surface area contributed by atoms with Gasteiger partial charge in [0.1, 0.15) is 0 Å². The van der Waals surface area contributed by atoms with E-state index in [1.54, 1.807) is 5.57 Å². The van der Waals surface area contributed by atoms with Gasteiger partial charge in [-0.1, -0.05) is 104 Å². The lowest BCUT2D eigenvalue weighted by Crippen LogP contribution is -2.32. The molecule has 2 atom stereocenters. The van der Waals surface area contributed by atoms with Crippen LogP contribution in [-0.2, 0) is 5.41 Å². The molecule has 136 valence electrons. The van der Waals surface area contributed by atoms with Crippen molar-refractivity contribution >= 4 is 38.9 Å². The highest BCUT2D eigenvalue weighted by Gasteiger charge is 2.47. The maximum Gasteiger partial charge on any atom is 0.0235 e. The lowest BCUT2D eigenvalue weighted by Gasteiger charge is -2.37. The Kier molecular flexibility index (Phi) is 3.85. The summed E-state index contributed by atoms with van der Waals surface area (Å²) in [5, 5.41) is 2.65. The number of allylic oxidation sites excluding steroid dienone is 2. The first-order chi connectivity index (χ1) is 12.9. The highest BCUT2D eigenvalue weighted by molar-refractivity contribution is 14.1. The number of benzene rings is 3. The molecule has 0 radical (unpaired) electrons. The molecule has 0 bridgehead atoms. The van der Waals surface area contributed by atoms with Crippen LogP contribution in [-0.4, -0.2) is 3.42 Å². The number of rotatable bonds is 1. The maximum atomic E-state index is 2.66. The summed E-state index contributed by atoms with van der Waals surface area (Å²) in [7, 11) is 0. The van der Waals surface area contributed by atoms with Crippen LogP contribution in [0.25, 0.3) is 27.5 Å². The molecule has 0 saturated carbocycles. The third-order valence-electron chi connectivity index (χ3n) is 6.75. The van der Waals surface area contributed by atoms with E-state index in [1.165, 1.54) is 45.9 Å². The first-order valence-electron chi connectivity index (χ1n) is 9.89. The Bertz CT molecular complexity index is 1080. The van der Waals surface area contributed by atoms with Gasteiger partial charge in [0, 0.05) is 3.42 Å².